The van der Waals surface area contributed by atoms with Crippen molar-refractivity contribution in [1.82, 2.24) is 5.32 Å². The number of rotatable bonds is 39. The van der Waals surface area contributed by atoms with E-state index in [0.717, 1.165) is 5.56 Å². The Morgan fingerprint density at radius 1 is 0.426 bits per heavy atom. The van der Waals surface area contributed by atoms with Gasteiger partial charge in [0.2, 0.25) is 0 Å². The zero-order valence-electron chi connectivity index (χ0n) is 31.7. The van der Waals surface area contributed by atoms with Crippen molar-refractivity contribution < 1.29 is 66.4 Å². The number of para-hydroxylation sites is 2. The molecule has 0 heterocycles. The number of benzene rings is 2. The van der Waals surface area contributed by atoms with Crippen molar-refractivity contribution in [3.05, 3.63) is 60.2 Å². The number of nitrogens with one attached hydrogen (secondary N) is 1. The maximum absolute atomic E-state index is 11.7. The van der Waals surface area contributed by atoms with E-state index in [9.17, 15) is 4.79 Å². The standard InChI is InChI=1S/C38H62N2O14/c39-36-8-4-5-9-37(36)53-33-32-52-31-30-51-29-28-50-27-26-49-25-24-48-23-22-47-21-20-46-19-18-45-17-16-44-15-14-43-13-12-42-11-10-40-38(41)54-34-35-6-2-1-3-7-35/h1-9H,10-34,39H2,(H,40,41). The van der Waals surface area contributed by atoms with E-state index in [2.05, 4.69) is 5.32 Å². The molecule has 16 nitrogen and oxygen atoms in total. The van der Waals surface area contributed by atoms with Crippen molar-refractivity contribution in [1.29, 1.82) is 0 Å². The van der Waals surface area contributed by atoms with Crippen molar-refractivity contribution in [3.8, 4) is 5.75 Å². The van der Waals surface area contributed by atoms with Gasteiger partial charge in [0.25, 0.3) is 0 Å². The Kier molecular flexibility index (Phi) is 32.1. The second kappa shape index (κ2) is 36.8. The maximum Gasteiger partial charge on any atom is 0.407 e. The lowest BCUT2D eigenvalue weighted by Crippen LogP contribution is -2.28. The van der Waals surface area contributed by atoms with Gasteiger partial charge >= 0.3 is 6.09 Å². The van der Waals surface area contributed by atoms with Crippen LogP contribution in [0.4, 0.5) is 10.5 Å². The molecule has 0 spiro atoms. The van der Waals surface area contributed by atoms with E-state index in [1.807, 2.05) is 48.5 Å². The summed E-state index contributed by atoms with van der Waals surface area (Å²) >= 11 is 0. The molecule has 0 saturated heterocycles. The molecule has 0 radical (unpaired) electrons. The highest BCUT2D eigenvalue weighted by molar-refractivity contribution is 5.67. The summed E-state index contributed by atoms with van der Waals surface area (Å²) in [5.41, 5.74) is 7.37. The SMILES string of the molecule is Nc1ccccc1OCCOCCOCCOCCOCCOCCOCCOCCOCCOCCOCCOCCNC(=O)OCc1ccccc1. The minimum absolute atomic E-state index is 0.235. The quantitative estimate of drug-likeness (QED) is 0.0750. The van der Waals surface area contributed by atoms with Gasteiger partial charge < -0.3 is 72.6 Å². The zero-order chi connectivity index (χ0) is 38.3. The summed E-state index contributed by atoms with van der Waals surface area (Å²) in [6.45, 7) is 11.5. The number of anilines is 1. The summed E-state index contributed by atoms with van der Waals surface area (Å²) in [5.74, 6) is 0.664. The third kappa shape index (κ3) is 30.2. The van der Waals surface area contributed by atoms with Gasteiger partial charge in [0.15, 0.2) is 0 Å². The lowest BCUT2D eigenvalue weighted by molar-refractivity contribution is -0.0277. The number of amides is 1. The van der Waals surface area contributed by atoms with Gasteiger partial charge in [-0.1, -0.05) is 42.5 Å². The predicted molar refractivity (Wildman–Crippen MR) is 200 cm³/mol. The molecule has 1 amide bonds. The minimum atomic E-state index is -0.471. The molecule has 0 aliphatic rings. The molecule has 0 aromatic heterocycles. The van der Waals surface area contributed by atoms with Crippen LogP contribution in [0.25, 0.3) is 0 Å². The fraction of sp³-hybridized carbons (Fsp3) is 0.658. The fourth-order valence-electron chi connectivity index (χ4n) is 4.12. The number of nitrogen functional groups attached to an aromatic ring is 1. The molecule has 2 aromatic carbocycles. The number of carbonyl (C=O) groups excluding carboxylic acids is 1. The Hall–Kier alpha value is -3.13. The Balaban J connectivity index is 1.14. The molecule has 0 aliphatic carbocycles. The molecule has 16 heteroatoms. The van der Waals surface area contributed by atoms with Gasteiger partial charge in [0.05, 0.1) is 151 Å². The topological polar surface area (TPSA) is 175 Å². The third-order valence-corrected chi connectivity index (χ3v) is 6.85. The highest BCUT2D eigenvalue weighted by Gasteiger charge is 2.02. The summed E-state index contributed by atoms with van der Waals surface area (Å²) in [6, 6.07) is 16.9. The van der Waals surface area contributed by atoms with Crippen LogP contribution in [-0.2, 0) is 63.4 Å². The first-order valence-corrected chi connectivity index (χ1v) is 18.5. The van der Waals surface area contributed by atoms with Gasteiger partial charge in [-0.25, -0.2) is 4.79 Å². The average molecular weight is 771 g/mol. The van der Waals surface area contributed by atoms with E-state index < -0.39 is 6.09 Å². The summed E-state index contributed by atoms with van der Waals surface area (Å²) in [5, 5.41) is 2.64. The highest BCUT2D eigenvalue weighted by atomic mass is 16.6. The molecule has 0 saturated carbocycles. The van der Waals surface area contributed by atoms with Crippen molar-refractivity contribution in [2.75, 3.05) is 164 Å². The van der Waals surface area contributed by atoms with Crippen LogP contribution >= 0.6 is 0 Å². The summed E-state index contributed by atoms with van der Waals surface area (Å²) in [4.78, 5) is 11.7. The van der Waals surface area contributed by atoms with Gasteiger partial charge in [-0.05, 0) is 17.7 Å². The van der Waals surface area contributed by atoms with Gasteiger partial charge in [0.1, 0.15) is 19.0 Å². The van der Waals surface area contributed by atoms with Crippen LogP contribution in [0.2, 0.25) is 0 Å². The lowest BCUT2D eigenvalue weighted by atomic mass is 10.2. The smallest absolute Gasteiger partial charge is 0.407 e. The summed E-state index contributed by atoms with van der Waals surface area (Å²) in [6.07, 6.45) is -0.471. The first kappa shape index (κ1) is 47.0. The van der Waals surface area contributed by atoms with E-state index in [1.54, 1.807) is 6.07 Å². The third-order valence-electron chi connectivity index (χ3n) is 6.85. The number of nitrogens with two attached hydrogens (primary N) is 1. The van der Waals surface area contributed by atoms with E-state index in [0.29, 0.717) is 170 Å². The van der Waals surface area contributed by atoms with E-state index in [4.69, 9.17) is 67.3 Å². The number of carbonyl (C=O) groups is 1. The van der Waals surface area contributed by atoms with Crippen molar-refractivity contribution in [2.45, 2.75) is 6.61 Å². The number of ether oxygens (including phenoxy) is 13. The highest BCUT2D eigenvalue weighted by Crippen LogP contribution is 2.19. The van der Waals surface area contributed by atoms with Crippen LogP contribution < -0.4 is 15.8 Å². The van der Waals surface area contributed by atoms with E-state index >= 15 is 0 Å². The van der Waals surface area contributed by atoms with Crippen LogP contribution in [0.3, 0.4) is 0 Å². The molecule has 54 heavy (non-hydrogen) atoms. The van der Waals surface area contributed by atoms with Crippen LogP contribution in [0.15, 0.2) is 54.6 Å². The van der Waals surface area contributed by atoms with Gasteiger partial charge in [0, 0.05) is 6.54 Å². The molecule has 2 rings (SSSR count). The van der Waals surface area contributed by atoms with E-state index in [1.165, 1.54) is 0 Å². The van der Waals surface area contributed by atoms with Crippen LogP contribution in [0.5, 0.6) is 5.75 Å². The molecule has 2 aromatic rings. The monoisotopic (exact) mass is 770 g/mol. The molecular formula is C38H62N2O14. The predicted octanol–water partition coefficient (Wildman–Crippen LogP) is 2.76. The Morgan fingerprint density at radius 2 is 0.759 bits per heavy atom. The summed E-state index contributed by atoms with van der Waals surface area (Å²) < 4.78 is 70.9. The Labute approximate surface area is 320 Å². The fourth-order valence-corrected chi connectivity index (χ4v) is 4.12. The van der Waals surface area contributed by atoms with Gasteiger partial charge in [-0.2, -0.15) is 0 Å². The van der Waals surface area contributed by atoms with Crippen molar-refractivity contribution >= 4 is 11.8 Å². The minimum Gasteiger partial charge on any atom is -0.489 e. The van der Waals surface area contributed by atoms with Crippen LogP contribution in [-0.4, -0.2) is 165 Å². The Morgan fingerprint density at radius 3 is 1.15 bits per heavy atom. The second-order valence-electron chi connectivity index (χ2n) is 11.1. The van der Waals surface area contributed by atoms with Crippen LogP contribution in [0.1, 0.15) is 5.56 Å². The largest absolute Gasteiger partial charge is 0.489 e. The van der Waals surface area contributed by atoms with E-state index in [-0.39, 0.29) is 6.61 Å². The van der Waals surface area contributed by atoms with Crippen molar-refractivity contribution in [2.24, 2.45) is 0 Å². The average Bonchev–Trinajstić information content (AvgIpc) is 3.19. The zero-order valence-corrected chi connectivity index (χ0v) is 31.7. The molecule has 0 fully saturated rings. The molecule has 3 N–H and O–H groups in total. The second-order valence-corrected chi connectivity index (χ2v) is 11.1. The molecule has 0 bridgehead atoms. The summed E-state index contributed by atoms with van der Waals surface area (Å²) in [7, 11) is 0. The van der Waals surface area contributed by atoms with Crippen molar-refractivity contribution in [3.63, 3.8) is 0 Å². The molecule has 0 aliphatic heterocycles. The van der Waals surface area contributed by atoms with Gasteiger partial charge in [-0.15, -0.1) is 0 Å². The molecular weight excluding hydrogens is 708 g/mol. The first-order chi connectivity index (χ1) is 26.8. The number of hydrogen-bond donors (Lipinski definition) is 2. The lowest BCUT2D eigenvalue weighted by Gasteiger charge is -2.10. The maximum atomic E-state index is 11.7. The van der Waals surface area contributed by atoms with Crippen LogP contribution in [0, 0.1) is 0 Å². The molecule has 0 unspecified atom stereocenters. The number of hydrogen-bond acceptors (Lipinski definition) is 15. The first-order valence-electron chi connectivity index (χ1n) is 18.5. The van der Waals surface area contributed by atoms with Gasteiger partial charge in [-0.3, -0.25) is 0 Å². The molecule has 0 atom stereocenters. The Bertz CT molecular complexity index is 1100. The number of alkyl carbamates (subject to hydrolysis) is 1. The normalized spacial score (nSPS) is 11.2. The molecule has 308 valence electrons.